The summed E-state index contributed by atoms with van der Waals surface area (Å²) in [6.45, 7) is 2.03. The van der Waals surface area contributed by atoms with Crippen LogP contribution in [0.1, 0.15) is 23.1 Å². The summed E-state index contributed by atoms with van der Waals surface area (Å²) < 4.78 is 0. The number of carbonyl (C=O) groups is 1. The van der Waals surface area contributed by atoms with Crippen molar-refractivity contribution < 1.29 is 4.79 Å². The van der Waals surface area contributed by atoms with E-state index in [-0.39, 0.29) is 5.91 Å². The fourth-order valence-electron chi connectivity index (χ4n) is 2.04. The zero-order valence-electron chi connectivity index (χ0n) is 11.7. The first-order chi connectivity index (χ1) is 10.1. The highest BCUT2D eigenvalue weighted by molar-refractivity contribution is 6.33. The third-order valence-corrected chi connectivity index (χ3v) is 3.57. The number of nitrogens with zero attached hydrogens (tertiary/aromatic N) is 1. The normalized spacial score (nSPS) is 9.95. The molecule has 0 aliphatic rings. The number of anilines is 1. The lowest BCUT2D eigenvalue weighted by Crippen LogP contribution is -2.13. The van der Waals surface area contributed by atoms with Crippen LogP contribution in [0, 0.1) is 18.3 Å². The van der Waals surface area contributed by atoms with Crippen molar-refractivity contribution in [3.8, 4) is 6.07 Å². The van der Waals surface area contributed by atoms with E-state index in [1.54, 1.807) is 18.2 Å². The highest BCUT2D eigenvalue weighted by atomic mass is 35.5. The van der Waals surface area contributed by atoms with Crippen LogP contribution in [0.4, 0.5) is 5.69 Å². The molecule has 0 spiro atoms. The van der Waals surface area contributed by atoms with Gasteiger partial charge in [0.25, 0.3) is 0 Å². The topological polar surface area (TPSA) is 52.9 Å². The number of benzene rings is 2. The first-order valence-electron chi connectivity index (χ1n) is 6.64. The van der Waals surface area contributed by atoms with Crippen LogP contribution in [-0.2, 0) is 11.2 Å². The lowest BCUT2D eigenvalue weighted by molar-refractivity contribution is -0.116. The van der Waals surface area contributed by atoms with Crippen molar-refractivity contribution in [3.63, 3.8) is 0 Å². The van der Waals surface area contributed by atoms with Crippen molar-refractivity contribution in [2.24, 2.45) is 0 Å². The van der Waals surface area contributed by atoms with Crippen LogP contribution in [0.15, 0.2) is 42.5 Å². The fourth-order valence-corrected chi connectivity index (χ4v) is 2.27. The molecule has 0 aliphatic carbocycles. The molecule has 0 bridgehead atoms. The Morgan fingerprint density at radius 2 is 2.05 bits per heavy atom. The van der Waals surface area contributed by atoms with Gasteiger partial charge in [-0.05, 0) is 42.7 Å². The van der Waals surface area contributed by atoms with Gasteiger partial charge in [-0.25, -0.2) is 0 Å². The van der Waals surface area contributed by atoms with Gasteiger partial charge < -0.3 is 5.32 Å². The van der Waals surface area contributed by atoms with Crippen molar-refractivity contribution in [2.45, 2.75) is 19.8 Å². The lowest BCUT2D eigenvalue weighted by atomic mass is 10.0. The van der Waals surface area contributed by atoms with Crippen molar-refractivity contribution >= 4 is 23.2 Å². The lowest BCUT2D eigenvalue weighted by Gasteiger charge is -2.08. The summed E-state index contributed by atoms with van der Waals surface area (Å²) in [5, 5.41) is 11.9. The molecule has 2 aromatic carbocycles. The van der Waals surface area contributed by atoms with Crippen LogP contribution >= 0.6 is 11.6 Å². The Morgan fingerprint density at radius 1 is 1.29 bits per heavy atom. The molecule has 2 rings (SSSR count). The standard InChI is InChI=1S/C17H15ClN2O/c1-12-4-2-3-5-14(12)7-9-17(21)20-16-8-6-13(11-19)10-15(16)18/h2-6,8,10H,7,9H2,1H3,(H,20,21). The van der Waals surface area contributed by atoms with E-state index in [2.05, 4.69) is 5.32 Å². The summed E-state index contributed by atoms with van der Waals surface area (Å²) >= 11 is 6.03. The summed E-state index contributed by atoms with van der Waals surface area (Å²) in [6, 6.07) is 14.8. The predicted octanol–water partition coefficient (Wildman–Crippen LogP) is 4.09. The first kappa shape index (κ1) is 15.1. The highest BCUT2D eigenvalue weighted by Crippen LogP contribution is 2.23. The molecule has 0 radical (unpaired) electrons. The summed E-state index contributed by atoms with van der Waals surface area (Å²) in [6.07, 6.45) is 1.08. The molecule has 0 heterocycles. The zero-order valence-corrected chi connectivity index (χ0v) is 12.4. The second-order valence-electron chi connectivity index (χ2n) is 4.78. The average Bonchev–Trinajstić information content (AvgIpc) is 2.48. The van der Waals surface area contributed by atoms with Gasteiger partial charge in [0.15, 0.2) is 0 Å². The molecule has 3 nitrogen and oxygen atoms in total. The smallest absolute Gasteiger partial charge is 0.224 e. The SMILES string of the molecule is Cc1ccccc1CCC(=O)Nc1ccc(C#N)cc1Cl. The summed E-state index contributed by atoms with van der Waals surface area (Å²) in [5.74, 6) is -0.0927. The van der Waals surface area contributed by atoms with Gasteiger partial charge in [-0.3, -0.25) is 4.79 Å². The van der Waals surface area contributed by atoms with Crippen LogP contribution in [0.3, 0.4) is 0 Å². The highest BCUT2D eigenvalue weighted by Gasteiger charge is 2.07. The zero-order chi connectivity index (χ0) is 15.2. The monoisotopic (exact) mass is 298 g/mol. The number of rotatable bonds is 4. The molecule has 0 aliphatic heterocycles. The molecular formula is C17H15ClN2O. The van der Waals surface area contributed by atoms with Gasteiger partial charge in [0, 0.05) is 6.42 Å². The van der Waals surface area contributed by atoms with E-state index in [4.69, 9.17) is 16.9 Å². The quantitative estimate of drug-likeness (QED) is 0.924. The van der Waals surface area contributed by atoms with Crippen molar-refractivity contribution in [1.82, 2.24) is 0 Å². The maximum Gasteiger partial charge on any atom is 0.224 e. The van der Waals surface area contributed by atoms with Gasteiger partial charge >= 0.3 is 0 Å². The molecule has 0 fully saturated rings. The van der Waals surface area contributed by atoms with E-state index in [1.807, 2.05) is 37.3 Å². The molecule has 0 saturated heterocycles. The van der Waals surface area contributed by atoms with E-state index < -0.39 is 0 Å². The van der Waals surface area contributed by atoms with Crippen molar-refractivity contribution in [3.05, 3.63) is 64.2 Å². The molecule has 106 valence electrons. The Balaban J connectivity index is 1.96. The number of hydrogen-bond donors (Lipinski definition) is 1. The number of amides is 1. The van der Waals surface area contributed by atoms with Gasteiger partial charge in [0.05, 0.1) is 22.3 Å². The maximum absolute atomic E-state index is 12.0. The Morgan fingerprint density at radius 3 is 2.71 bits per heavy atom. The summed E-state index contributed by atoms with van der Waals surface area (Å²) in [4.78, 5) is 12.0. The predicted molar refractivity (Wildman–Crippen MR) is 84.3 cm³/mol. The number of hydrogen-bond acceptors (Lipinski definition) is 2. The molecule has 4 heteroatoms. The molecule has 21 heavy (non-hydrogen) atoms. The van der Waals surface area contributed by atoms with Gasteiger partial charge in [-0.1, -0.05) is 35.9 Å². The van der Waals surface area contributed by atoms with E-state index >= 15 is 0 Å². The average molecular weight is 299 g/mol. The van der Waals surface area contributed by atoms with Crippen LogP contribution in [-0.4, -0.2) is 5.91 Å². The first-order valence-corrected chi connectivity index (χ1v) is 7.02. The summed E-state index contributed by atoms with van der Waals surface area (Å²) in [7, 11) is 0. The van der Waals surface area contributed by atoms with E-state index in [9.17, 15) is 4.79 Å². The molecule has 0 saturated carbocycles. The van der Waals surface area contributed by atoms with E-state index in [0.29, 0.717) is 29.1 Å². The molecule has 0 aromatic heterocycles. The number of nitrogens with one attached hydrogen (secondary N) is 1. The second kappa shape index (κ2) is 6.92. The fraction of sp³-hybridized carbons (Fsp3) is 0.176. The third-order valence-electron chi connectivity index (χ3n) is 3.25. The van der Waals surface area contributed by atoms with Crippen LogP contribution in [0.5, 0.6) is 0 Å². The van der Waals surface area contributed by atoms with Gasteiger partial charge in [-0.15, -0.1) is 0 Å². The Kier molecular flexibility index (Phi) is 4.97. The minimum absolute atomic E-state index is 0.0927. The maximum atomic E-state index is 12.0. The van der Waals surface area contributed by atoms with Gasteiger partial charge in [-0.2, -0.15) is 5.26 Å². The number of carbonyl (C=O) groups excluding carboxylic acids is 1. The van der Waals surface area contributed by atoms with Crippen LogP contribution in [0.25, 0.3) is 0 Å². The van der Waals surface area contributed by atoms with Crippen molar-refractivity contribution in [1.29, 1.82) is 5.26 Å². The number of aryl methyl sites for hydroxylation is 2. The molecule has 0 atom stereocenters. The Bertz CT molecular complexity index is 704. The van der Waals surface area contributed by atoms with Gasteiger partial charge in [0.1, 0.15) is 0 Å². The number of nitriles is 1. The van der Waals surface area contributed by atoms with Gasteiger partial charge in [0.2, 0.25) is 5.91 Å². The van der Waals surface area contributed by atoms with E-state index in [0.717, 1.165) is 0 Å². The number of halogens is 1. The van der Waals surface area contributed by atoms with Crippen LogP contribution in [0.2, 0.25) is 5.02 Å². The van der Waals surface area contributed by atoms with Crippen molar-refractivity contribution in [2.75, 3.05) is 5.32 Å². The molecule has 1 amide bonds. The summed E-state index contributed by atoms with van der Waals surface area (Å²) in [5.41, 5.74) is 3.35. The molecular weight excluding hydrogens is 284 g/mol. The molecule has 2 aromatic rings. The Labute approximate surface area is 129 Å². The third kappa shape index (κ3) is 4.08. The van der Waals surface area contributed by atoms with Crippen LogP contribution < -0.4 is 5.32 Å². The molecule has 0 unspecified atom stereocenters. The Hall–Kier alpha value is -2.31. The molecule has 1 N–H and O–H groups in total. The largest absolute Gasteiger partial charge is 0.325 e. The minimum atomic E-state index is -0.0927. The van der Waals surface area contributed by atoms with E-state index in [1.165, 1.54) is 11.1 Å². The minimum Gasteiger partial charge on any atom is -0.325 e. The second-order valence-corrected chi connectivity index (χ2v) is 5.19.